The Bertz CT molecular complexity index is 655. The average molecular weight is 310 g/mol. The minimum Gasteiger partial charge on any atom is -0.311 e. The molecule has 0 radical (unpaired) electrons. The first kappa shape index (κ1) is 14.5. The molecule has 5 heteroatoms. The van der Waals surface area contributed by atoms with Crippen LogP contribution in [0.2, 0.25) is 0 Å². The van der Waals surface area contributed by atoms with E-state index in [1.54, 1.807) is 0 Å². The van der Waals surface area contributed by atoms with Crippen LogP contribution in [0.15, 0.2) is 42.6 Å². The first-order valence-corrected chi connectivity index (χ1v) is 8.42. The number of hydrogen-bond donors (Lipinski definition) is 1. The number of nitrogens with zero attached hydrogens (tertiary/aromatic N) is 3. The van der Waals surface area contributed by atoms with E-state index in [2.05, 4.69) is 21.2 Å². The molecule has 0 saturated carbocycles. The zero-order valence-corrected chi connectivity index (χ0v) is 13.2. The number of likely N-dealkylation sites (tertiary alicyclic amines) is 1. The van der Waals surface area contributed by atoms with Crippen molar-refractivity contribution in [3.05, 3.63) is 48.3 Å². The highest BCUT2D eigenvalue weighted by atomic mass is 16.2. The molecule has 2 atom stereocenters. The Labute approximate surface area is 136 Å². The number of aromatic nitrogens is 2. The number of rotatable bonds is 3. The van der Waals surface area contributed by atoms with Gasteiger partial charge in [0.25, 0.3) is 0 Å². The quantitative estimate of drug-likeness (QED) is 0.947. The van der Waals surface area contributed by atoms with Gasteiger partial charge < -0.3 is 4.90 Å². The van der Waals surface area contributed by atoms with Crippen molar-refractivity contribution in [2.45, 2.75) is 31.2 Å². The minimum absolute atomic E-state index is 0.0286. The van der Waals surface area contributed by atoms with Gasteiger partial charge in [0.1, 0.15) is 0 Å². The highest BCUT2D eigenvalue weighted by Gasteiger charge is 2.38. The Morgan fingerprint density at radius 3 is 2.74 bits per heavy atom. The second-order valence-corrected chi connectivity index (χ2v) is 6.48. The van der Waals surface area contributed by atoms with Crippen molar-refractivity contribution in [2.75, 3.05) is 24.5 Å². The van der Waals surface area contributed by atoms with E-state index in [0.29, 0.717) is 5.92 Å². The van der Waals surface area contributed by atoms with Crippen LogP contribution in [0.25, 0.3) is 0 Å². The summed E-state index contributed by atoms with van der Waals surface area (Å²) in [5.41, 5.74) is 2.21. The first-order chi connectivity index (χ1) is 11.3. The molecule has 1 N–H and O–H groups in total. The van der Waals surface area contributed by atoms with Crippen molar-refractivity contribution in [3.8, 4) is 0 Å². The topological polar surface area (TPSA) is 52.2 Å². The lowest BCUT2D eigenvalue weighted by Crippen LogP contribution is -2.46. The number of piperidine rings is 1. The number of H-pyrrole nitrogens is 1. The fourth-order valence-electron chi connectivity index (χ4n) is 3.91. The molecule has 5 nitrogen and oxygen atoms in total. The summed E-state index contributed by atoms with van der Waals surface area (Å²) >= 11 is 0. The summed E-state index contributed by atoms with van der Waals surface area (Å²) < 4.78 is 0. The summed E-state index contributed by atoms with van der Waals surface area (Å²) in [6, 6.07) is 12.1. The maximum absolute atomic E-state index is 12.9. The zero-order valence-electron chi connectivity index (χ0n) is 13.2. The van der Waals surface area contributed by atoms with E-state index in [-0.39, 0.29) is 11.9 Å². The van der Waals surface area contributed by atoms with E-state index < -0.39 is 0 Å². The first-order valence-electron chi connectivity index (χ1n) is 8.42. The van der Waals surface area contributed by atoms with Crippen molar-refractivity contribution in [1.82, 2.24) is 15.1 Å². The molecule has 0 aliphatic carbocycles. The second-order valence-electron chi connectivity index (χ2n) is 6.48. The highest BCUT2D eigenvalue weighted by molar-refractivity contribution is 5.99. The third kappa shape index (κ3) is 2.77. The van der Waals surface area contributed by atoms with Crippen LogP contribution in [0.3, 0.4) is 0 Å². The Morgan fingerprint density at radius 2 is 1.96 bits per heavy atom. The summed E-state index contributed by atoms with van der Waals surface area (Å²) in [5.74, 6) is 0.714. The molecule has 23 heavy (non-hydrogen) atoms. The van der Waals surface area contributed by atoms with Gasteiger partial charge in [-0.3, -0.25) is 14.8 Å². The van der Waals surface area contributed by atoms with Crippen molar-refractivity contribution in [1.29, 1.82) is 0 Å². The molecule has 2 aromatic rings. The lowest BCUT2D eigenvalue weighted by Gasteiger charge is -2.35. The molecular weight excluding hydrogens is 288 g/mol. The van der Waals surface area contributed by atoms with Gasteiger partial charge in [-0.2, -0.15) is 5.10 Å². The van der Waals surface area contributed by atoms with Gasteiger partial charge in [-0.25, -0.2) is 0 Å². The maximum Gasteiger partial charge on any atom is 0.244 e. The van der Waals surface area contributed by atoms with Gasteiger partial charge in [0.15, 0.2) is 0 Å². The molecule has 2 aliphatic rings. The van der Waals surface area contributed by atoms with E-state index in [1.165, 1.54) is 12.1 Å². The molecule has 2 fully saturated rings. The van der Waals surface area contributed by atoms with E-state index in [0.717, 1.165) is 38.2 Å². The standard InChI is InChI=1S/C18H22N4O/c23-18-17(9-12-22(18)15-6-2-1-3-7-15)21-11-4-5-14(13-21)16-8-10-19-20-16/h1-3,6-8,10,14,17H,4-5,9,11-13H2,(H,19,20). The lowest BCUT2D eigenvalue weighted by molar-refractivity contribution is -0.122. The molecule has 0 bridgehead atoms. The highest BCUT2D eigenvalue weighted by Crippen LogP contribution is 2.30. The summed E-state index contributed by atoms with van der Waals surface area (Å²) in [7, 11) is 0. The Hall–Kier alpha value is -2.14. The molecule has 2 aliphatic heterocycles. The number of para-hydroxylation sites is 1. The van der Waals surface area contributed by atoms with E-state index in [9.17, 15) is 4.79 Å². The third-order valence-electron chi connectivity index (χ3n) is 5.10. The smallest absolute Gasteiger partial charge is 0.244 e. The van der Waals surface area contributed by atoms with E-state index in [1.807, 2.05) is 41.4 Å². The summed E-state index contributed by atoms with van der Waals surface area (Å²) in [6.45, 7) is 2.78. The van der Waals surface area contributed by atoms with Crippen molar-refractivity contribution in [3.63, 3.8) is 0 Å². The number of benzene rings is 1. The Morgan fingerprint density at radius 1 is 1.09 bits per heavy atom. The van der Waals surface area contributed by atoms with Crippen molar-refractivity contribution < 1.29 is 4.79 Å². The fourth-order valence-corrected chi connectivity index (χ4v) is 3.91. The number of carbonyl (C=O) groups is 1. The minimum atomic E-state index is 0.0286. The number of hydrogen-bond acceptors (Lipinski definition) is 3. The van der Waals surface area contributed by atoms with Crippen LogP contribution in [-0.4, -0.2) is 46.7 Å². The molecular formula is C18H22N4O. The second kappa shape index (κ2) is 6.16. The predicted octanol–water partition coefficient (Wildman–Crippen LogP) is 2.39. The van der Waals surface area contributed by atoms with Gasteiger partial charge >= 0.3 is 0 Å². The maximum atomic E-state index is 12.9. The average Bonchev–Trinajstić information content (AvgIpc) is 3.26. The normalized spacial score (nSPS) is 25.9. The largest absolute Gasteiger partial charge is 0.311 e. The van der Waals surface area contributed by atoms with Gasteiger partial charge in [0.2, 0.25) is 5.91 Å². The molecule has 1 aromatic carbocycles. The summed E-state index contributed by atoms with van der Waals surface area (Å²) in [5, 5.41) is 7.16. The molecule has 1 amide bonds. The Kier molecular flexibility index (Phi) is 3.87. The van der Waals surface area contributed by atoms with Gasteiger partial charge in [-0.1, -0.05) is 18.2 Å². The number of amides is 1. The van der Waals surface area contributed by atoms with E-state index >= 15 is 0 Å². The van der Waals surface area contributed by atoms with Gasteiger partial charge in [-0.15, -0.1) is 0 Å². The zero-order chi connectivity index (χ0) is 15.6. The van der Waals surface area contributed by atoms with Gasteiger partial charge in [0.05, 0.1) is 6.04 Å². The number of nitrogens with one attached hydrogen (secondary N) is 1. The van der Waals surface area contributed by atoms with Gasteiger partial charge in [-0.05, 0) is 44.0 Å². The number of anilines is 1. The summed E-state index contributed by atoms with van der Waals surface area (Å²) in [4.78, 5) is 17.2. The monoisotopic (exact) mass is 310 g/mol. The summed E-state index contributed by atoms with van der Waals surface area (Å²) in [6.07, 6.45) is 5.04. The van der Waals surface area contributed by atoms with Crippen LogP contribution in [-0.2, 0) is 4.79 Å². The van der Waals surface area contributed by atoms with Crippen LogP contribution >= 0.6 is 0 Å². The van der Waals surface area contributed by atoms with Crippen LogP contribution in [0, 0.1) is 0 Å². The molecule has 1 aromatic heterocycles. The number of carbonyl (C=O) groups excluding carboxylic acids is 1. The van der Waals surface area contributed by atoms with Crippen molar-refractivity contribution >= 4 is 11.6 Å². The van der Waals surface area contributed by atoms with Crippen LogP contribution < -0.4 is 4.90 Å². The van der Waals surface area contributed by atoms with Crippen LogP contribution in [0.4, 0.5) is 5.69 Å². The fraction of sp³-hybridized carbons (Fsp3) is 0.444. The van der Waals surface area contributed by atoms with Crippen molar-refractivity contribution in [2.24, 2.45) is 0 Å². The molecule has 2 saturated heterocycles. The molecule has 3 heterocycles. The molecule has 0 spiro atoms. The SMILES string of the molecule is O=C1C(N2CCCC(c3ccn[nH]3)C2)CCN1c1ccccc1. The molecule has 4 rings (SSSR count). The van der Waals surface area contributed by atoms with Crippen LogP contribution in [0.1, 0.15) is 30.9 Å². The molecule has 2 unspecified atom stereocenters. The lowest BCUT2D eigenvalue weighted by atomic mass is 9.93. The number of aromatic amines is 1. The third-order valence-corrected chi connectivity index (χ3v) is 5.10. The van der Waals surface area contributed by atoms with Gasteiger partial charge in [0, 0.05) is 36.6 Å². The molecule has 120 valence electrons. The van der Waals surface area contributed by atoms with E-state index in [4.69, 9.17) is 0 Å². The van der Waals surface area contributed by atoms with Crippen LogP contribution in [0.5, 0.6) is 0 Å². The Balaban J connectivity index is 1.47. The predicted molar refractivity (Wildman–Crippen MR) is 89.3 cm³/mol.